The molecule has 2 aliphatic heterocycles. The normalized spacial score (nSPS) is 17.4. The van der Waals surface area contributed by atoms with Crippen LogP contribution in [0.2, 0.25) is 0 Å². The Morgan fingerprint density at radius 3 is 1.83 bits per heavy atom. The Hall–Kier alpha value is -4.70. The number of halogens is 2. The zero-order chi connectivity index (χ0) is 36.7. The van der Waals surface area contributed by atoms with Crippen LogP contribution in [0.5, 0.6) is 0 Å². The minimum atomic E-state index is -0.704. The lowest BCUT2D eigenvalue weighted by Crippen LogP contribution is -2.51. The predicted molar refractivity (Wildman–Crippen MR) is 204 cm³/mol. The molecule has 2 saturated heterocycles. The van der Waals surface area contributed by atoms with Crippen molar-refractivity contribution in [1.29, 1.82) is 0 Å². The van der Waals surface area contributed by atoms with E-state index in [2.05, 4.69) is 54.3 Å². The van der Waals surface area contributed by atoms with Crippen LogP contribution in [-0.4, -0.2) is 93.1 Å². The van der Waals surface area contributed by atoms with Crippen LogP contribution < -0.4 is 10.6 Å². The molecule has 14 nitrogen and oxygen atoms in total. The minimum Gasteiger partial charge on any atom is -0.453 e. The number of nitrogens with one attached hydrogen (secondary N) is 4. The summed E-state index contributed by atoms with van der Waals surface area (Å²) in [6.45, 7) is 8.68. The molecule has 3 aromatic rings. The van der Waals surface area contributed by atoms with Crippen molar-refractivity contribution in [3.63, 3.8) is 0 Å². The minimum absolute atomic E-state index is 0. The van der Waals surface area contributed by atoms with E-state index < -0.39 is 24.3 Å². The average Bonchev–Trinajstić information content (AvgIpc) is 3.95. The van der Waals surface area contributed by atoms with Crippen LogP contribution in [0.25, 0.3) is 10.6 Å². The molecule has 2 fully saturated rings. The van der Waals surface area contributed by atoms with Gasteiger partial charge in [-0.2, -0.15) is 0 Å². The third-order valence-corrected chi connectivity index (χ3v) is 10.0. The van der Waals surface area contributed by atoms with Gasteiger partial charge >= 0.3 is 12.2 Å². The third kappa shape index (κ3) is 10.3. The first-order valence-electron chi connectivity index (χ1n) is 17.0. The summed E-state index contributed by atoms with van der Waals surface area (Å²) in [6, 6.07) is 2.02. The molecule has 4 N–H and O–H groups in total. The molecule has 286 valence electrons. The number of likely N-dealkylation sites (tertiary alicyclic amines) is 2. The second-order valence-electron chi connectivity index (χ2n) is 13.1. The SMILES string of the molecule is COC(=O)N[C@H](C(=O)N1CCC[C@H]1c1ncc(C#CC#Cc2ccc(-c3cnc([C@@H]4CCCN4C(=O)[C@@H](NC(=O)OC)C(C)C)[nH]3)s2)[nH]1)C(C)C.Cl.Cl. The van der Waals surface area contributed by atoms with Crippen LogP contribution in [0, 0.1) is 35.5 Å². The van der Waals surface area contributed by atoms with E-state index in [0.29, 0.717) is 30.4 Å². The second-order valence-corrected chi connectivity index (χ2v) is 14.2. The fraction of sp³-hybridized carbons (Fsp3) is 0.500. The number of carbonyl (C=O) groups is 4. The van der Waals surface area contributed by atoms with Crippen molar-refractivity contribution in [2.75, 3.05) is 27.3 Å². The molecular formula is C36H46Cl2N8O6S. The Bertz CT molecular complexity index is 1870. The van der Waals surface area contributed by atoms with Crippen molar-refractivity contribution in [1.82, 2.24) is 40.4 Å². The van der Waals surface area contributed by atoms with E-state index in [1.165, 1.54) is 25.6 Å². The van der Waals surface area contributed by atoms with Crippen LogP contribution in [0.3, 0.4) is 0 Å². The number of thiophene rings is 1. The third-order valence-electron chi connectivity index (χ3n) is 8.99. The Morgan fingerprint density at radius 1 is 0.792 bits per heavy atom. The van der Waals surface area contributed by atoms with Gasteiger partial charge in [-0.25, -0.2) is 19.6 Å². The number of carbonyl (C=O) groups excluding carboxylic acids is 4. The standard InChI is InChI=1S/C36H44N8O6S.2ClH/c1-21(2)29(41-35(47)49-5)33(45)43-17-9-13-26(43)31-37-19-23(39-31)11-7-8-12-24-15-16-28(51-24)25-20-38-32(40-25)27-14-10-18-44(27)34(46)30(22(3)4)42-36(48)50-6;;/h15-16,19-22,26-27,29-30H,9-10,13-14,17-18H2,1-6H3,(H,37,39)(H,38,40)(H,41,47)(H,42,48);2*1H/t26-,27-,29-,30-;;/m0../s1. The molecule has 0 spiro atoms. The van der Waals surface area contributed by atoms with Crippen molar-refractivity contribution >= 4 is 60.2 Å². The summed E-state index contributed by atoms with van der Waals surface area (Å²) < 4.78 is 9.44. The lowest BCUT2D eigenvalue weighted by molar-refractivity contribution is -0.136. The average molecular weight is 790 g/mol. The van der Waals surface area contributed by atoms with Gasteiger partial charge in [-0.1, -0.05) is 27.7 Å². The highest BCUT2D eigenvalue weighted by Gasteiger charge is 2.39. The molecule has 5 rings (SSSR count). The smallest absolute Gasteiger partial charge is 0.407 e. The number of hydrogen-bond acceptors (Lipinski definition) is 9. The molecule has 53 heavy (non-hydrogen) atoms. The fourth-order valence-corrected chi connectivity index (χ4v) is 7.15. The maximum Gasteiger partial charge on any atom is 0.407 e. The Morgan fingerprint density at radius 2 is 1.30 bits per heavy atom. The highest BCUT2D eigenvalue weighted by molar-refractivity contribution is 7.16. The van der Waals surface area contributed by atoms with Crippen LogP contribution >= 0.6 is 36.2 Å². The Labute approximate surface area is 325 Å². The molecule has 0 radical (unpaired) electrons. The molecule has 5 heterocycles. The molecule has 4 atom stereocenters. The zero-order valence-corrected chi connectivity index (χ0v) is 32.9. The highest BCUT2D eigenvalue weighted by atomic mass is 35.5. The number of ether oxygens (including phenoxy) is 2. The number of methoxy groups -OCH3 is 2. The number of hydrogen-bond donors (Lipinski definition) is 4. The second kappa shape index (κ2) is 19.4. The summed E-state index contributed by atoms with van der Waals surface area (Å²) >= 11 is 1.50. The van der Waals surface area contributed by atoms with Gasteiger partial charge in [-0.05, 0) is 73.3 Å². The van der Waals surface area contributed by atoms with Crippen molar-refractivity contribution in [2.45, 2.75) is 77.5 Å². The van der Waals surface area contributed by atoms with Crippen molar-refractivity contribution in [3.05, 3.63) is 46.7 Å². The van der Waals surface area contributed by atoms with Gasteiger partial charge < -0.3 is 39.9 Å². The molecule has 4 amide bonds. The first-order chi connectivity index (χ1) is 24.5. The number of aromatic amines is 2. The van der Waals surface area contributed by atoms with E-state index in [4.69, 9.17) is 9.47 Å². The van der Waals surface area contributed by atoms with E-state index in [9.17, 15) is 19.2 Å². The molecular weight excluding hydrogens is 743 g/mol. The first kappa shape index (κ1) is 42.7. The maximum absolute atomic E-state index is 13.5. The van der Waals surface area contributed by atoms with Crippen LogP contribution in [-0.2, 0) is 19.1 Å². The van der Waals surface area contributed by atoms with E-state index in [1.807, 2.05) is 39.8 Å². The summed E-state index contributed by atoms with van der Waals surface area (Å²) in [4.78, 5) is 71.6. The van der Waals surface area contributed by atoms with E-state index in [1.54, 1.807) is 22.2 Å². The number of rotatable bonds is 9. The van der Waals surface area contributed by atoms with Crippen LogP contribution in [0.4, 0.5) is 9.59 Å². The predicted octanol–water partition coefficient (Wildman–Crippen LogP) is 5.20. The van der Waals surface area contributed by atoms with Gasteiger partial charge in [-0.15, -0.1) is 36.2 Å². The lowest BCUT2D eigenvalue weighted by Gasteiger charge is -2.30. The summed E-state index contributed by atoms with van der Waals surface area (Å²) in [6.07, 6.45) is 5.29. The molecule has 0 unspecified atom stereocenters. The Kier molecular flexibility index (Phi) is 15.6. The molecule has 17 heteroatoms. The number of aromatic nitrogens is 4. The summed E-state index contributed by atoms with van der Waals surface area (Å²) in [7, 11) is 2.55. The van der Waals surface area contributed by atoms with Crippen molar-refractivity contribution in [2.24, 2.45) is 11.8 Å². The Balaban J connectivity index is 0.00000378. The van der Waals surface area contributed by atoms with Gasteiger partial charge in [0.05, 0.1) is 54.1 Å². The van der Waals surface area contributed by atoms with Crippen molar-refractivity contribution < 1.29 is 28.7 Å². The molecule has 2 aliphatic rings. The van der Waals surface area contributed by atoms with E-state index in [0.717, 1.165) is 41.1 Å². The molecule has 0 saturated carbocycles. The van der Waals surface area contributed by atoms with Gasteiger partial charge in [0.2, 0.25) is 11.8 Å². The number of amides is 4. The van der Waals surface area contributed by atoms with Crippen LogP contribution in [0.1, 0.15) is 87.7 Å². The van der Waals surface area contributed by atoms with E-state index >= 15 is 0 Å². The van der Waals surface area contributed by atoms with Gasteiger partial charge in [0.1, 0.15) is 29.4 Å². The van der Waals surface area contributed by atoms with E-state index in [-0.39, 0.29) is 60.5 Å². The van der Waals surface area contributed by atoms with Crippen molar-refractivity contribution in [3.8, 4) is 34.3 Å². The highest BCUT2D eigenvalue weighted by Crippen LogP contribution is 2.34. The number of nitrogens with zero attached hydrogens (tertiary/aromatic N) is 4. The summed E-state index contributed by atoms with van der Waals surface area (Å²) in [5.74, 6) is 12.7. The fourth-order valence-electron chi connectivity index (χ4n) is 6.33. The molecule has 3 aromatic heterocycles. The number of alkyl carbamates (subject to hydrolysis) is 2. The summed E-state index contributed by atoms with van der Waals surface area (Å²) in [5.41, 5.74) is 1.41. The van der Waals surface area contributed by atoms with Gasteiger partial charge in [0.25, 0.3) is 0 Å². The molecule has 0 aromatic carbocycles. The summed E-state index contributed by atoms with van der Waals surface area (Å²) in [5, 5.41) is 5.33. The molecule has 0 aliphatic carbocycles. The molecule has 0 bridgehead atoms. The van der Waals surface area contributed by atoms with Gasteiger partial charge in [-0.3, -0.25) is 9.59 Å². The quantitative estimate of drug-likeness (QED) is 0.214. The monoisotopic (exact) mass is 788 g/mol. The van der Waals surface area contributed by atoms with Crippen LogP contribution in [0.15, 0.2) is 24.5 Å². The zero-order valence-electron chi connectivity index (χ0n) is 30.5. The largest absolute Gasteiger partial charge is 0.453 e. The lowest BCUT2D eigenvalue weighted by atomic mass is 10.0. The number of imidazole rings is 2. The number of H-pyrrole nitrogens is 2. The van der Waals surface area contributed by atoms with Gasteiger partial charge in [0, 0.05) is 13.1 Å². The topological polar surface area (TPSA) is 175 Å². The maximum atomic E-state index is 13.5. The first-order valence-corrected chi connectivity index (χ1v) is 17.8. The van der Waals surface area contributed by atoms with Gasteiger partial charge in [0.15, 0.2) is 0 Å².